The van der Waals surface area contributed by atoms with E-state index >= 15 is 0 Å². The number of hydrogen-bond acceptors (Lipinski definition) is 4. The molecule has 1 rings (SSSR count). The molecule has 1 aliphatic heterocycles. The van der Waals surface area contributed by atoms with Crippen LogP contribution in [0.2, 0.25) is 0 Å². The van der Waals surface area contributed by atoms with Gasteiger partial charge in [-0.05, 0) is 19.8 Å². The summed E-state index contributed by atoms with van der Waals surface area (Å²) in [6.45, 7) is 3.15. The SMILES string of the molecule is CC1(C(=O)NCCCCCC(=O)O)COCC1N. The van der Waals surface area contributed by atoms with E-state index in [2.05, 4.69) is 5.32 Å². The number of rotatable bonds is 7. The van der Waals surface area contributed by atoms with Crippen molar-refractivity contribution in [1.29, 1.82) is 0 Å². The number of hydrogen-bond donors (Lipinski definition) is 3. The number of carbonyl (C=O) groups excluding carboxylic acids is 1. The molecule has 6 heteroatoms. The number of unbranched alkanes of at least 4 members (excludes halogenated alkanes) is 2. The maximum absolute atomic E-state index is 12.0. The second-order valence-corrected chi connectivity index (χ2v) is 5.00. The van der Waals surface area contributed by atoms with Crippen LogP contribution in [0.1, 0.15) is 32.6 Å². The van der Waals surface area contributed by atoms with Gasteiger partial charge in [0.1, 0.15) is 0 Å². The van der Waals surface area contributed by atoms with E-state index in [1.807, 2.05) is 6.92 Å². The van der Waals surface area contributed by atoms with Gasteiger partial charge in [-0.3, -0.25) is 9.59 Å². The van der Waals surface area contributed by atoms with E-state index in [9.17, 15) is 9.59 Å². The van der Waals surface area contributed by atoms with Gasteiger partial charge >= 0.3 is 5.97 Å². The quantitative estimate of drug-likeness (QED) is 0.563. The molecule has 104 valence electrons. The number of nitrogens with two attached hydrogens (primary N) is 1. The van der Waals surface area contributed by atoms with Crippen LogP contribution in [0.4, 0.5) is 0 Å². The van der Waals surface area contributed by atoms with Crippen molar-refractivity contribution < 1.29 is 19.4 Å². The lowest BCUT2D eigenvalue weighted by atomic mass is 9.85. The summed E-state index contributed by atoms with van der Waals surface area (Å²) < 4.78 is 5.21. The highest BCUT2D eigenvalue weighted by atomic mass is 16.5. The van der Waals surface area contributed by atoms with E-state index in [1.54, 1.807) is 0 Å². The van der Waals surface area contributed by atoms with Gasteiger partial charge in [0.05, 0.1) is 18.6 Å². The van der Waals surface area contributed by atoms with Crippen LogP contribution >= 0.6 is 0 Å². The van der Waals surface area contributed by atoms with Gasteiger partial charge in [-0.1, -0.05) is 6.42 Å². The Bertz CT molecular complexity index is 308. The number of carboxylic acid groups (broad SMARTS) is 1. The van der Waals surface area contributed by atoms with E-state index in [4.69, 9.17) is 15.6 Å². The van der Waals surface area contributed by atoms with Crippen LogP contribution in [0, 0.1) is 5.41 Å². The lowest BCUT2D eigenvalue weighted by Gasteiger charge is -2.25. The second-order valence-electron chi connectivity index (χ2n) is 5.00. The van der Waals surface area contributed by atoms with Crippen LogP contribution in [0.25, 0.3) is 0 Å². The molecule has 0 radical (unpaired) electrons. The van der Waals surface area contributed by atoms with Crippen molar-refractivity contribution in [2.24, 2.45) is 11.1 Å². The lowest BCUT2D eigenvalue weighted by molar-refractivity contribution is -0.137. The molecular formula is C12H22N2O4. The number of ether oxygens (including phenoxy) is 1. The minimum absolute atomic E-state index is 0.0780. The van der Waals surface area contributed by atoms with E-state index in [1.165, 1.54) is 0 Å². The van der Waals surface area contributed by atoms with E-state index in [0.717, 1.165) is 12.8 Å². The maximum Gasteiger partial charge on any atom is 0.303 e. The summed E-state index contributed by atoms with van der Waals surface area (Å²) in [5.74, 6) is -0.855. The molecule has 4 N–H and O–H groups in total. The minimum atomic E-state index is -0.777. The highest BCUT2D eigenvalue weighted by molar-refractivity contribution is 5.83. The Kier molecular flexibility index (Phi) is 5.55. The number of carbonyl (C=O) groups is 2. The van der Waals surface area contributed by atoms with Crippen molar-refractivity contribution in [1.82, 2.24) is 5.32 Å². The summed E-state index contributed by atoms with van der Waals surface area (Å²) in [4.78, 5) is 22.2. The van der Waals surface area contributed by atoms with Crippen molar-refractivity contribution in [3.63, 3.8) is 0 Å². The Labute approximate surface area is 107 Å². The molecule has 1 amide bonds. The highest BCUT2D eigenvalue weighted by Gasteiger charge is 2.44. The average molecular weight is 258 g/mol. The topological polar surface area (TPSA) is 102 Å². The molecule has 1 fully saturated rings. The molecule has 0 spiro atoms. The largest absolute Gasteiger partial charge is 0.481 e. The lowest BCUT2D eigenvalue weighted by Crippen LogP contribution is -2.50. The number of amides is 1. The molecule has 0 saturated carbocycles. The zero-order valence-corrected chi connectivity index (χ0v) is 10.8. The van der Waals surface area contributed by atoms with Gasteiger partial charge in [0.2, 0.25) is 5.91 Å². The number of carboxylic acids is 1. The van der Waals surface area contributed by atoms with E-state index in [-0.39, 0.29) is 18.4 Å². The Morgan fingerprint density at radius 3 is 2.72 bits per heavy atom. The zero-order valence-electron chi connectivity index (χ0n) is 10.8. The van der Waals surface area contributed by atoms with Crippen LogP contribution in [0.5, 0.6) is 0 Å². The molecule has 0 aromatic carbocycles. The van der Waals surface area contributed by atoms with Crippen molar-refractivity contribution in [2.75, 3.05) is 19.8 Å². The number of nitrogens with one attached hydrogen (secondary N) is 1. The van der Waals surface area contributed by atoms with E-state index < -0.39 is 11.4 Å². The van der Waals surface area contributed by atoms with Crippen LogP contribution in [-0.2, 0) is 14.3 Å². The molecule has 18 heavy (non-hydrogen) atoms. The third-order valence-electron chi connectivity index (χ3n) is 3.39. The first-order valence-corrected chi connectivity index (χ1v) is 6.30. The Balaban J connectivity index is 2.15. The maximum atomic E-state index is 12.0. The van der Waals surface area contributed by atoms with Crippen molar-refractivity contribution >= 4 is 11.9 Å². The first kappa shape index (κ1) is 14.9. The predicted molar refractivity (Wildman–Crippen MR) is 66.0 cm³/mol. The predicted octanol–water partition coefficient (Wildman–Crippen LogP) is 0.111. The summed E-state index contributed by atoms with van der Waals surface area (Å²) in [5.41, 5.74) is 5.21. The smallest absolute Gasteiger partial charge is 0.303 e. The molecule has 1 heterocycles. The number of aliphatic carboxylic acids is 1. The van der Waals surface area contributed by atoms with Gasteiger partial charge in [-0.15, -0.1) is 0 Å². The highest BCUT2D eigenvalue weighted by Crippen LogP contribution is 2.26. The molecule has 6 nitrogen and oxygen atoms in total. The van der Waals surface area contributed by atoms with Gasteiger partial charge in [0.15, 0.2) is 0 Å². The fourth-order valence-corrected chi connectivity index (χ4v) is 1.90. The molecule has 0 aromatic rings. The molecule has 0 aliphatic carbocycles. The van der Waals surface area contributed by atoms with Crippen molar-refractivity contribution in [3.8, 4) is 0 Å². The summed E-state index contributed by atoms with van der Waals surface area (Å²) >= 11 is 0. The first-order chi connectivity index (χ1) is 8.47. The molecule has 0 aromatic heterocycles. The molecular weight excluding hydrogens is 236 g/mol. The van der Waals surface area contributed by atoms with Crippen LogP contribution in [0.15, 0.2) is 0 Å². The fraction of sp³-hybridized carbons (Fsp3) is 0.833. The average Bonchev–Trinajstić information content (AvgIpc) is 2.65. The Morgan fingerprint density at radius 1 is 1.44 bits per heavy atom. The molecule has 2 unspecified atom stereocenters. The minimum Gasteiger partial charge on any atom is -0.481 e. The molecule has 0 bridgehead atoms. The third kappa shape index (κ3) is 3.96. The zero-order chi connectivity index (χ0) is 13.6. The van der Waals surface area contributed by atoms with Gasteiger partial charge in [0, 0.05) is 19.0 Å². The van der Waals surface area contributed by atoms with Crippen LogP contribution in [-0.4, -0.2) is 42.8 Å². The normalized spacial score (nSPS) is 27.1. The van der Waals surface area contributed by atoms with Gasteiger partial charge < -0.3 is 20.9 Å². The fourth-order valence-electron chi connectivity index (χ4n) is 1.90. The van der Waals surface area contributed by atoms with Gasteiger partial charge in [-0.25, -0.2) is 0 Å². The first-order valence-electron chi connectivity index (χ1n) is 6.30. The summed E-state index contributed by atoms with van der Waals surface area (Å²) in [6.07, 6.45) is 2.41. The Hall–Kier alpha value is -1.14. The standard InChI is InChI=1S/C12H22N2O4/c1-12(8-18-7-9(12)13)11(17)14-6-4-2-3-5-10(15)16/h9H,2-8,13H2,1H3,(H,14,17)(H,15,16). The Morgan fingerprint density at radius 2 is 2.17 bits per heavy atom. The molecule has 2 atom stereocenters. The van der Waals surface area contributed by atoms with Gasteiger partial charge in [0.25, 0.3) is 0 Å². The van der Waals surface area contributed by atoms with Crippen molar-refractivity contribution in [2.45, 2.75) is 38.6 Å². The van der Waals surface area contributed by atoms with E-state index in [0.29, 0.717) is 26.2 Å². The summed E-state index contributed by atoms with van der Waals surface area (Å²) in [5, 5.41) is 11.3. The summed E-state index contributed by atoms with van der Waals surface area (Å²) in [7, 11) is 0. The van der Waals surface area contributed by atoms with Crippen molar-refractivity contribution in [3.05, 3.63) is 0 Å². The second kappa shape index (κ2) is 6.70. The third-order valence-corrected chi connectivity index (χ3v) is 3.39. The monoisotopic (exact) mass is 258 g/mol. The molecule has 1 aliphatic rings. The van der Waals surface area contributed by atoms with Gasteiger partial charge in [-0.2, -0.15) is 0 Å². The summed E-state index contributed by atoms with van der Waals surface area (Å²) in [6, 6.07) is -0.260. The van der Waals surface area contributed by atoms with Crippen LogP contribution in [0.3, 0.4) is 0 Å². The molecule has 1 saturated heterocycles. The van der Waals surface area contributed by atoms with Crippen LogP contribution < -0.4 is 11.1 Å².